The molecule has 0 spiro atoms. The molecule has 0 aromatic carbocycles. The predicted molar refractivity (Wildman–Crippen MR) is 104 cm³/mol. The van der Waals surface area contributed by atoms with Crippen LogP contribution >= 0.6 is 0 Å². The van der Waals surface area contributed by atoms with Crippen LogP contribution in [0.1, 0.15) is 13.3 Å². The van der Waals surface area contributed by atoms with Crippen molar-refractivity contribution in [3.63, 3.8) is 0 Å². The Morgan fingerprint density at radius 2 is 1.52 bits per heavy atom. The second-order valence-corrected chi connectivity index (χ2v) is 20.1. The van der Waals surface area contributed by atoms with Gasteiger partial charge >= 0.3 is 0 Å². The summed E-state index contributed by atoms with van der Waals surface area (Å²) in [5.74, 6) is -0.317. The third-order valence-corrected chi connectivity index (χ3v) is 6.83. The summed E-state index contributed by atoms with van der Waals surface area (Å²) in [6.45, 7) is 15.4. The molecule has 0 aromatic rings. The van der Waals surface area contributed by atoms with Crippen molar-refractivity contribution < 1.29 is 9.59 Å². The summed E-state index contributed by atoms with van der Waals surface area (Å²) in [6.07, 6.45) is 9.16. The average Bonchev–Trinajstić information content (AvgIpc) is 2.63. The van der Waals surface area contributed by atoms with Crippen LogP contribution in [0.3, 0.4) is 0 Å². The number of likely N-dealkylation sites (tertiary alicyclic amines) is 1. The van der Waals surface area contributed by atoms with Gasteiger partial charge in [-0.1, -0.05) is 63.6 Å². The van der Waals surface area contributed by atoms with Gasteiger partial charge in [-0.05, 0) is 18.5 Å². The number of nitrogens with zero attached hydrogens (tertiary/aromatic N) is 1. The lowest BCUT2D eigenvalue weighted by atomic mass is 10.0. The molecule has 3 nitrogen and oxygen atoms in total. The van der Waals surface area contributed by atoms with E-state index in [-0.39, 0.29) is 23.8 Å². The second kappa shape index (κ2) is 7.75. The van der Waals surface area contributed by atoms with Crippen molar-refractivity contribution in [3.05, 3.63) is 24.3 Å². The number of carbonyl (C=O) groups is 2. The average molecular weight is 352 g/mol. The largest absolute Gasteiger partial charge is 0.275 e. The van der Waals surface area contributed by atoms with Crippen LogP contribution < -0.4 is 0 Å². The van der Waals surface area contributed by atoms with Gasteiger partial charge in [0, 0.05) is 23.1 Å². The molecule has 130 valence electrons. The molecule has 2 atom stereocenters. The zero-order valence-electron chi connectivity index (χ0n) is 15.8. The monoisotopic (exact) mass is 351 g/mol. The van der Waals surface area contributed by atoms with E-state index in [2.05, 4.69) is 57.5 Å². The molecule has 1 saturated heterocycles. The van der Waals surface area contributed by atoms with E-state index >= 15 is 0 Å². The van der Waals surface area contributed by atoms with Gasteiger partial charge in [-0.15, -0.1) is 0 Å². The van der Waals surface area contributed by atoms with E-state index in [9.17, 15) is 9.59 Å². The highest BCUT2D eigenvalue weighted by atomic mass is 28.3. The standard InChI is InChI=1S/C18H33NO2Si2/c1-15(20)19-17(11-9-13-23(5,6)7)14-16(18(19)21)10-8-12-22(2,3)4/h8-11,16-17H,12-14H2,1-7H3/b10-8+,11-9+/t16-,17+/m1/s1. The topological polar surface area (TPSA) is 37.4 Å². The maximum Gasteiger partial charge on any atom is 0.236 e. The van der Waals surface area contributed by atoms with Crippen LogP contribution in [0.4, 0.5) is 0 Å². The van der Waals surface area contributed by atoms with Gasteiger partial charge in [-0.2, -0.15) is 0 Å². The van der Waals surface area contributed by atoms with E-state index in [0.717, 1.165) is 18.5 Å². The van der Waals surface area contributed by atoms with Crippen molar-refractivity contribution >= 4 is 28.0 Å². The number of hydrogen-bond acceptors (Lipinski definition) is 2. The van der Waals surface area contributed by atoms with Gasteiger partial charge in [0.15, 0.2) is 0 Å². The van der Waals surface area contributed by atoms with Crippen LogP contribution in [-0.4, -0.2) is 38.9 Å². The minimum absolute atomic E-state index is 0.0352. The lowest BCUT2D eigenvalue weighted by Gasteiger charge is -2.19. The zero-order valence-corrected chi connectivity index (χ0v) is 17.8. The molecule has 1 fully saturated rings. The van der Waals surface area contributed by atoms with E-state index < -0.39 is 16.1 Å². The maximum atomic E-state index is 12.5. The van der Waals surface area contributed by atoms with Gasteiger partial charge in [0.25, 0.3) is 0 Å². The van der Waals surface area contributed by atoms with Crippen molar-refractivity contribution in [2.75, 3.05) is 0 Å². The third-order valence-electron chi connectivity index (χ3n) is 3.91. The highest BCUT2D eigenvalue weighted by Gasteiger charge is 2.39. The fourth-order valence-electron chi connectivity index (χ4n) is 2.69. The molecular weight excluding hydrogens is 318 g/mol. The molecule has 23 heavy (non-hydrogen) atoms. The van der Waals surface area contributed by atoms with Gasteiger partial charge in [-0.3, -0.25) is 14.5 Å². The van der Waals surface area contributed by atoms with E-state index in [1.807, 2.05) is 6.08 Å². The fourth-order valence-corrected chi connectivity index (χ4v) is 4.37. The first kappa shape index (κ1) is 20.1. The molecule has 0 aliphatic carbocycles. The fraction of sp³-hybridized carbons (Fsp3) is 0.667. The van der Waals surface area contributed by atoms with Crippen LogP contribution in [0.2, 0.25) is 51.4 Å². The molecule has 0 unspecified atom stereocenters. The van der Waals surface area contributed by atoms with Gasteiger partial charge in [0.2, 0.25) is 11.8 Å². The van der Waals surface area contributed by atoms with Crippen molar-refractivity contribution in [3.8, 4) is 0 Å². The number of amides is 2. The van der Waals surface area contributed by atoms with E-state index in [0.29, 0.717) is 0 Å². The molecule has 5 heteroatoms. The molecule has 1 rings (SSSR count). The van der Waals surface area contributed by atoms with Gasteiger partial charge in [0.1, 0.15) is 0 Å². The number of hydrogen-bond donors (Lipinski definition) is 0. The molecular formula is C18H33NO2Si2. The second-order valence-electron chi connectivity index (χ2n) is 9.02. The van der Waals surface area contributed by atoms with E-state index in [4.69, 9.17) is 0 Å². The molecule has 1 aliphatic heterocycles. The number of imide groups is 1. The lowest BCUT2D eigenvalue weighted by Crippen LogP contribution is -2.36. The minimum Gasteiger partial charge on any atom is -0.275 e. The molecule has 0 radical (unpaired) electrons. The van der Waals surface area contributed by atoms with Crippen molar-refractivity contribution in [2.24, 2.45) is 5.92 Å². The van der Waals surface area contributed by atoms with Crippen LogP contribution in [0.25, 0.3) is 0 Å². The summed E-state index contributed by atoms with van der Waals surface area (Å²) < 4.78 is 0. The molecule has 0 saturated carbocycles. The Balaban J connectivity index is 2.80. The van der Waals surface area contributed by atoms with Crippen molar-refractivity contribution in [1.82, 2.24) is 4.90 Å². The Kier molecular flexibility index (Phi) is 6.77. The summed E-state index contributed by atoms with van der Waals surface area (Å²) >= 11 is 0. The molecule has 0 N–H and O–H groups in total. The molecule has 2 amide bonds. The molecule has 1 aliphatic rings. The summed E-state index contributed by atoms with van der Waals surface area (Å²) in [4.78, 5) is 25.8. The van der Waals surface area contributed by atoms with Gasteiger partial charge in [0.05, 0.1) is 12.0 Å². The first-order valence-corrected chi connectivity index (χ1v) is 16.0. The Labute approximate surface area is 143 Å². The summed E-state index contributed by atoms with van der Waals surface area (Å²) in [6, 6.07) is 2.09. The van der Waals surface area contributed by atoms with Crippen molar-refractivity contribution in [2.45, 2.75) is 70.8 Å². The lowest BCUT2D eigenvalue weighted by molar-refractivity contribution is -0.142. The van der Waals surface area contributed by atoms with Crippen LogP contribution in [0, 0.1) is 5.92 Å². The van der Waals surface area contributed by atoms with Gasteiger partial charge in [-0.25, -0.2) is 0 Å². The Morgan fingerprint density at radius 1 is 1.04 bits per heavy atom. The highest BCUT2D eigenvalue weighted by Crippen LogP contribution is 2.28. The SMILES string of the molecule is CC(=O)N1C(=O)[C@H](/C=C/C[Si](C)(C)C)C[C@@H]1/C=C/C[Si](C)(C)C. The molecule has 0 bridgehead atoms. The van der Waals surface area contributed by atoms with Crippen LogP contribution in [0.15, 0.2) is 24.3 Å². The first-order chi connectivity index (χ1) is 10.4. The molecule has 1 heterocycles. The van der Waals surface area contributed by atoms with E-state index in [1.54, 1.807) is 0 Å². The van der Waals surface area contributed by atoms with E-state index in [1.165, 1.54) is 11.8 Å². The summed E-state index contributed by atoms with van der Waals surface area (Å²) in [7, 11) is -2.28. The normalized spacial score (nSPS) is 23.4. The number of rotatable bonds is 6. The molecule has 0 aromatic heterocycles. The Bertz CT molecular complexity index is 498. The maximum absolute atomic E-state index is 12.5. The zero-order chi connectivity index (χ0) is 17.8. The predicted octanol–water partition coefficient (Wildman–Crippen LogP) is 4.54. The smallest absolute Gasteiger partial charge is 0.236 e. The first-order valence-electron chi connectivity index (χ1n) is 8.58. The number of allylic oxidation sites excluding steroid dienone is 2. The van der Waals surface area contributed by atoms with Crippen LogP contribution in [-0.2, 0) is 9.59 Å². The van der Waals surface area contributed by atoms with Crippen molar-refractivity contribution in [1.29, 1.82) is 0 Å². The third kappa shape index (κ3) is 7.00. The Hall–Kier alpha value is -0.946. The summed E-state index contributed by atoms with van der Waals surface area (Å²) in [5.41, 5.74) is 0. The quantitative estimate of drug-likeness (QED) is 0.520. The minimum atomic E-state index is -1.14. The van der Waals surface area contributed by atoms with Crippen LogP contribution in [0.5, 0.6) is 0 Å². The Morgan fingerprint density at radius 3 is 1.96 bits per heavy atom. The highest BCUT2D eigenvalue weighted by molar-refractivity contribution is 6.76. The van der Waals surface area contributed by atoms with Gasteiger partial charge < -0.3 is 0 Å². The summed E-state index contributed by atoms with van der Waals surface area (Å²) in [5, 5.41) is 0. The number of carbonyl (C=O) groups excluding carboxylic acids is 2.